The Labute approximate surface area is 404 Å². The Morgan fingerprint density at radius 3 is 2.07 bits per heavy atom. The smallest absolute Gasteiger partial charge is 0.260 e. The number of hydrogen-bond acceptors (Lipinski definition) is 13. The van der Waals surface area contributed by atoms with Crippen LogP contribution in [0, 0.1) is 0 Å². The quantitative estimate of drug-likeness (QED) is 0.0370. The van der Waals surface area contributed by atoms with Gasteiger partial charge in [-0.2, -0.15) is 12.6 Å². The lowest BCUT2D eigenvalue weighted by Gasteiger charge is -2.32. The van der Waals surface area contributed by atoms with E-state index in [-0.39, 0.29) is 47.5 Å². The maximum atomic E-state index is 14.1. The summed E-state index contributed by atoms with van der Waals surface area (Å²) in [6.45, 7) is 10.7. The first-order valence-electron chi connectivity index (χ1n) is 23.1. The van der Waals surface area contributed by atoms with Crippen LogP contribution in [0.15, 0.2) is 91.0 Å². The van der Waals surface area contributed by atoms with Crippen LogP contribution in [0.1, 0.15) is 63.7 Å². The summed E-state index contributed by atoms with van der Waals surface area (Å²) in [5, 5.41) is 3.53. The third kappa shape index (κ3) is 10.9. The molecule has 0 bridgehead atoms. The minimum absolute atomic E-state index is 0.00962. The molecule has 5 aromatic rings. The van der Waals surface area contributed by atoms with Crippen LogP contribution in [0.2, 0.25) is 0 Å². The molecule has 15 heteroatoms. The second-order valence-electron chi connectivity index (χ2n) is 18.1. The number of benzene rings is 5. The summed E-state index contributed by atoms with van der Waals surface area (Å²) in [6.07, 6.45) is 1.54. The predicted molar refractivity (Wildman–Crippen MR) is 270 cm³/mol. The first-order chi connectivity index (χ1) is 32.8. The van der Waals surface area contributed by atoms with E-state index in [1.807, 2.05) is 60.4 Å². The van der Waals surface area contributed by atoms with Crippen molar-refractivity contribution in [1.29, 1.82) is 0 Å². The third-order valence-corrected chi connectivity index (χ3v) is 12.6. The van der Waals surface area contributed by atoms with Gasteiger partial charge >= 0.3 is 0 Å². The number of methoxy groups -OCH3 is 3. The third-order valence-electron chi connectivity index (χ3n) is 12.4. The molecule has 0 radical (unpaired) electrons. The SMILES string of the molecule is COCCOCCOCCN(CC(C)(C)S)c1cc(COc2cc(N)c(C(=O)N3c4ccccc4C[C@H]3C)cc2OC)cc(COc2cc3c(cc2OC)C(=O)N2c4ccccc4C[C@H]2CN3)c1. The molecule has 3 N–H and O–H groups in total. The average molecular weight is 946 g/mol. The zero-order valence-corrected chi connectivity index (χ0v) is 40.7. The number of thiol groups is 1. The van der Waals surface area contributed by atoms with Crippen molar-refractivity contribution in [2.45, 2.75) is 63.7 Å². The fourth-order valence-electron chi connectivity index (χ4n) is 9.27. The molecule has 0 fully saturated rings. The van der Waals surface area contributed by atoms with Gasteiger partial charge in [0.05, 0.1) is 70.1 Å². The Hall–Kier alpha value is -6.13. The van der Waals surface area contributed by atoms with Gasteiger partial charge < -0.3 is 58.9 Å². The van der Waals surface area contributed by atoms with Gasteiger partial charge in [0.1, 0.15) is 13.2 Å². The van der Waals surface area contributed by atoms with Crippen LogP contribution in [-0.4, -0.2) is 103 Å². The van der Waals surface area contributed by atoms with Crippen LogP contribution in [0.4, 0.5) is 28.4 Å². The molecule has 0 aliphatic carbocycles. The largest absolute Gasteiger partial charge is 0.493 e. The number of fused-ring (bicyclic) bond motifs is 5. The topological polar surface area (TPSA) is 147 Å². The average Bonchev–Trinajstić information content (AvgIpc) is 3.84. The number of nitrogen functional groups attached to an aromatic ring is 1. The van der Waals surface area contributed by atoms with Gasteiger partial charge in [0, 0.05) is 72.4 Å². The van der Waals surface area contributed by atoms with E-state index in [0.29, 0.717) is 92.5 Å². The lowest BCUT2D eigenvalue weighted by atomic mass is 10.1. The van der Waals surface area contributed by atoms with Crippen molar-refractivity contribution >= 4 is 52.9 Å². The van der Waals surface area contributed by atoms with E-state index in [2.05, 4.69) is 48.3 Å². The molecule has 0 unspecified atom stereocenters. The number of nitrogens with zero attached hydrogens (tertiary/aromatic N) is 3. The Bertz CT molecular complexity index is 2600. The second-order valence-corrected chi connectivity index (χ2v) is 19.3. The summed E-state index contributed by atoms with van der Waals surface area (Å²) in [5.41, 5.74) is 15.2. The lowest BCUT2D eigenvalue weighted by Crippen LogP contribution is -2.39. The van der Waals surface area contributed by atoms with Crippen LogP contribution in [-0.2, 0) is 40.3 Å². The number of carbonyl (C=O) groups is 2. The van der Waals surface area contributed by atoms with E-state index in [4.69, 9.17) is 51.5 Å². The van der Waals surface area contributed by atoms with Gasteiger partial charge in [-0.3, -0.25) is 9.59 Å². The van der Waals surface area contributed by atoms with Crippen molar-refractivity contribution in [2.75, 3.05) is 99.7 Å². The summed E-state index contributed by atoms with van der Waals surface area (Å²) < 4.78 is 41.1. The highest BCUT2D eigenvalue weighted by molar-refractivity contribution is 7.81. The van der Waals surface area contributed by atoms with Gasteiger partial charge in [0.2, 0.25) is 0 Å². The minimum Gasteiger partial charge on any atom is -0.493 e. The fourth-order valence-corrected chi connectivity index (χ4v) is 9.44. The molecule has 3 aliphatic rings. The molecule has 3 heterocycles. The molecule has 3 aliphatic heterocycles. The zero-order valence-electron chi connectivity index (χ0n) is 39.8. The van der Waals surface area contributed by atoms with Gasteiger partial charge in [-0.05, 0) is 98.3 Å². The van der Waals surface area contributed by atoms with Gasteiger partial charge in [-0.15, -0.1) is 0 Å². The number of hydrogen-bond donors (Lipinski definition) is 3. The summed E-state index contributed by atoms with van der Waals surface area (Å²) in [5.74, 6) is 1.45. The number of nitrogens with two attached hydrogens (primary N) is 1. The molecular weight excluding hydrogens is 883 g/mol. The van der Waals surface area contributed by atoms with Gasteiger partial charge in [0.15, 0.2) is 23.0 Å². The Kier molecular flexibility index (Phi) is 15.2. The predicted octanol–water partition coefficient (Wildman–Crippen LogP) is 8.23. The molecule has 14 nitrogen and oxygen atoms in total. The molecule has 0 saturated carbocycles. The van der Waals surface area contributed by atoms with E-state index >= 15 is 0 Å². The summed E-state index contributed by atoms with van der Waals surface area (Å²) >= 11 is 4.93. The summed E-state index contributed by atoms with van der Waals surface area (Å²) in [4.78, 5) is 34.1. The molecular formula is C53H63N5O9S. The molecule has 0 saturated heterocycles. The highest BCUT2D eigenvalue weighted by Gasteiger charge is 2.38. The normalized spacial score (nSPS) is 16.0. The molecule has 0 spiro atoms. The Morgan fingerprint density at radius 2 is 1.40 bits per heavy atom. The van der Waals surface area contributed by atoms with Crippen LogP contribution in [0.5, 0.6) is 23.0 Å². The standard InChI is InChI=1S/C53H63N5O9S/c1-34-21-37-11-7-9-13-45(37)57(34)51(59)41-26-47(62-5)49(28-43(41)54)66-31-35-22-36(24-39(23-35)56(33-53(2,3)68)15-16-64-19-20-65-18-17-61-4)32-67-50-29-44-42(27-48(50)63-6)52(60)58-40(30-55-44)25-38-12-8-10-14-46(38)58/h7-14,22-24,26-29,34,40,55,68H,15-21,25,30-33,54H2,1-6H3/t34-,40+/m1/s1. The van der Waals surface area contributed by atoms with Crippen LogP contribution in [0.25, 0.3) is 0 Å². The number of ether oxygens (including phenoxy) is 7. The molecule has 0 aromatic heterocycles. The Balaban J connectivity index is 1.05. The van der Waals surface area contributed by atoms with Crippen molar-refractivity contribution in [3.63, 3.8) is 0 Å². The van der Waals surface area contributed by atoms with Crippen LogP contribution >= 0.6 is 12.6 Å². The van der Waals surface area contributed by atoms with Crippen molar-refractivity contribution in [3.05, 3.63) is 124 Å². The highest BCUT2D eigenvalue weighted by Crippen LogP contribution is 2.42. The summed E-state index contributed by atoms with van der Waals surface area (Å²) in [7, 11) is 4.77. The summed E-state index contributed by atoms with van der Waals surface area (Å²) in [6, 6.07) is 29.1. The zero-order chi connectivity index (χ0) is 48.0. The van der Waals surface area contributed by atoms with Crippen molar-refractivity contribution in [2.24, 2.45) is 0 Å². The van der Waals surface area contributed by atoms with Crippen LogP contribution in [0.3, 0.4) is 0 Å². The van der Waals surface area contributed by atoms with Gasteiger partial charge in [-0.25, -0.2) is 0 Å². The van der Waals surface area contributed by atoms with Crippen molar-refractivity contribution < 1.29 is 42.7 Å². The van der Waals surface area contributed by atoms with Gasteiger partial charge in [-0.1, -0.05) is 36.4 Å². The van der Waals surface area contributed by atoms with E-state index in [0.717, 1.165) is 52.2 Å². The number of anilines is 5. The van der Waals surface area contributed by atoms with Crippen molar-refractivity contribution in [3.8, 4) is 23.0 Å². The first kappa shape index (κ1) is 48.3. The number of para-hydroxylation sites is 2. The molecule has 2 atom stereocenters. The maximum absolute atomic E-state index is 14.1. The van der Waals surface area contributed by atoms with E-state index in [1.54, 1.807) is 44.4 Å². The van der Waals surface area contributed by atoms with Crippen molar-refractivity contribution in [1.82, 2.24) is 0 Å². The number of rotatable bonds is 21. The molecule has 2 amide bonds. The molecule has 360 valence electrons. The first-order valence-corrected chi connectivity index (χ1v) is 23.6. The van der Waals surface area contributed by atoms with E-state index < -0.39 is 0 Å². The maximum Gasteiger partial charge on any atom is 0.260 e. The number of amides is 2. The van der Waals surface area contributed by atoms with Gasteiger partial charge in [0.25, 0.3) is 11.8 Å². The lowest BCUT2D eigenvalue weighted by molar-refractivity contribution is 0.0264. The van der Waals surface area contributed by atoms with Crippen LogP contribution < -0.4 is 44.7 Å². The fraction of sp³-hybridized carbons (Fsp3) is 0.396. The minimum atomic E-state index is -0.359. The number of nitrogens with one attached hydrogen (secondary N) is 1. The molecule has 8 rings (SSSR count). The molecule has 68 heavy (non-hydrogen) atoms. The Morgan fingerprint density at radius 1 is 0.779 bits per heavy atom. The highest BCUT2D eigenvalue weighted by atomic mass is 32.1. The monoisotopic (exact) mass is 945 g/mol. The number of carbonyl (C=O) groups excluding carboxylic acids is 2. The molecule has 5 aromatic carbocycles. The van der Waals surface area contributed by atoms with E-state index in [9.17, 15) is 9.59 Å². The van der Waals surface area contributed by atoms with E-state index in [1.165, 1.54) is 0 Å². The second kappa shape index (κ2) is 21.4.